The Hall–Kier alpha value is -2.55. The number of aromatic amines is 1. The van der Waals surface area contributed by atoms with Gasteiger partial charge in [0.2, 0.25) is 0 Å². The summed E-state index contributed by atoms with van der Waals surface area (Å²) in [5.41, 5.74) is 9.62. The summed E-state index contributed by atoms with van der Waals surface area (Å²) in [7, 11) is 0. The van der Waals surface area contributed by atoms with Gasteiger partial charge in [0, 0.05) is 0 Å². The molecule has 8 nitrogen and oxygen atoms in total. The number of anilines is 1. The van der Waals surface area contributed by atoms with Crippen LogP contribution in [-0.2, 0) is 0 Å². The molecule has 0 radical (unpaired) electrons. The van der Waals surface area contributed by atoms with E-state index < -0.39 is 0 Å². The lowest BCUT2D eigenvalue weighted by molar-refractivity contribution is 1.08. The van der Waals surface area contributed by atoms with Crippen LogP contribution < -0.4 is 5.73 Å². The minimum atomic E-state index is 0.611. The van der Waals surface area contributed by atoms with Crippen LogP contribution in [0.5, 0.6) is 0 Å². The van der Waals surface area contributed by atoms with E-state index in [9.17, 15) is 0 Å². The number of fused-ring (bicyclic) bond motifs is 3. The molecule has 0 saturated carbocycles. The average Bonchev–Trinajstić information content (AvgIpc) is 3.07. The van der Waals surface area contributed by atoms with E-state index in [2.05, 4.69) is 29.5 Å². The molecule has 0 fully saturated rings. The molecular weight excluding hydrogens is 264 g/mol. The van der Waals surface area contributed by atoms with Crippen LogP contribution in [0.2, 0.25) is 0 Å². The van der Waals surface area contributed by atoms with Crippen LogP contribution >= 0.6 is 11.5 Å². The summed E-state index contributed by atoms with van der Waals surface area (Å²) in [6, 6.07) is 0. The Kier molecular flexibility index (Phi) is 1.90. The molecule has 3 N–H and O–H groups in total. The number of rotatable bonds is 1. The van der Waals surface area contributed by atoms with Crippen molar-refractivity contribution in [1.82, 2.24) is 33.9 Å². The zero-order valence-corrected chi connectivity index (χ0v) is 10.6. The number of nitrogens with zero attached hydrogens (tertiary/aromatic N) is 6. The number of H-pyrrole nitrogens is 1. The molecule has 9 heteroatoms. The monoisotopic (exact) mass is 272 g/mol. The molecule has 0 aliphatic carbocycles. The molecule has 0 amide bonds. The second kappa shape index (κ2) is 3.48. The van der Waals surface area contributed by atoms with Crippen molar-refractivity contribution >= 4 is 33.3 Å². The van der Waals surface area contributed by atoms with Gasteiger partial charge in [0.25, 0.3) is 0 Å². The molecule has 0 aliphatic heterocycles. The highest BCUT2D eigenvalue weighted by atomic mass is 32.1. The van der Waals surface area contributed by atoms with Gasteiger partial charge in [-0.05, 0) is 18.5 Å². The van der Waals surface area contributed by atoms with Crippen molar-refractivity contribution < 1.29 is 0 Å². The van der Waals surface area contributed by atoms with E-state index in [4.69, 9.17) is 5.73 Å². The Bertz CT molecular complexity index is 881. The maximum atomic E-state index is 5.95. The van der Waals surface area contributed by atoms with E-state index in [0.717, 1.165) is 16.8 Å². The first-order valence-corrected chi connectivity index (χ1v) is 6.28. The van der Waals surface area contributed by atoms with Gasteiger partial charge in [0.1, 0.15) is 16.8 Å². The first kappa shape index (κ1) is 10.4. The molecule has 0 atom stereocenters. The van der Waals surface area contributed by atoms with E-state index in [0.29, 0.717) is 22.1 Å². The number of nitrogen functional groups attached to an aromatic ring is 1. The molecule has 0 bridgehead atoms. The van der Waals surface area contributed by atoms with Gasteiger partial charge >= 0.3 is 0 Å². The van der Waals surface area contributed by atoms with E-state index >= 15 is 0 Å². The Morgan fingerprint density at radius 2 is 2.21 bits per heavy atom. The second-order valence-electron chi connectivity index (χ2n) is 4.07. The van der Waals surface area contributed by atoms with Gasteiger partial charge in [-0.25, -0.2) is 9.97 Å². The number of nitrogens with two attached hydrogens (primary N) is 1. The molecule has 4 heterocycles. The third-order valence-electron chi connectivity index (χ3n) is 2.95. The highest BCUT2D eigenvalue weighted by Crippen LogP contribution is 2.31. The number of nitrogens with one attached hydrogen (secondary N) is 1. The Morgan fingerprint density at radius 3 is 3.00 bits per heavy atom. The fraction of sp³-hybridized carbons (Fsp3) is 0.100. The van der Waals surface area contributed by atoms with Crippen molar-refractivity contribution in [3.05, 3.63) is 18.3 Å². The van der Waals surface area contributed by atoms with E-state index in [1.54, 1.807) is 17.1 Å². The predicted octanol–water partition coefficient (Wildman–Crippen LogP) is 1.01. The lowest BCUT2D eigenvalue weighted by atomic mass is 10.2. The highest BCUT2D eigenvalue weighted by Gasteiger charge is 2.18. The summed E-state index contributed by atoms with van der Waals surface area (Å²) < 4.78 is 6.01. The van der Waals surface area contributed by atoms with Crippen LogP contribution in [0, 0.1) is 6.92 Å². The molecule has 0 aliphatic rings. The van der Waals surface area contributed by atoms with Crippen LogP contribution in [0.4, 0.5) is 5.00 Å². The molecule has 0 unspecified atom stereocenters. The summed E-state index contributed by atoms with van der Waals surface area (Å²) in [6.45, 7) is 1.89. The van der Waals surface area contributed by atoms with Crippen molar-refractivity contribution in [2.24, 2.45) is 0 Å². The molecule has 94 valence electrons. The molecule has 19 heavy (non-hydrogen) atoms. The summed E-state index contributed by atoms with van der Waals surface area (Å²) >= 11 is 1.25. The van der Waals surface area contributed by atoms with Crippen LogP contribution in [0.1, 0.15) is 5.69 Å². The number of hydrogen-bond donors (Lipinski definition) is 2. The fourth-order valence-corrected chi connectivity index (χ4v) is 2.72. The second-order valence-corrected chi connectivity index (χ2v) is 4.88. The third kappa shape index (κ3) is 1.30. The Morgan fingerprint density at radius 1 is 1.32 bits per heavy atom. The predicted molar refractivity (Wildman–Crippen MR) is 70.7 cm³/mol. The lowest BCUT2D eigenvalue weighted by Gasteiger charge is -1.99. The zero-order chi connectivity index (χ0) is 13.0. The summed E-state index contributed by atoms with van der Waals surface area (Å²) in [6.07, 6.45) is 3.22. The van der Waals surface area contributed by atoms with Gasteiger partial charge in [-0.2, -0.15) is 4.37 Å². The Balaban J connectivity index is 2.11. The van der Waals surface area contributed by atoms with E-state index in [1.807, 2.05) is 6.92 Å². The minimum absolute atomic E-state index is 0.611. The van der Waals surface area contributed by atoms with Crippen LogP contribution in [0.15, 0.2) is 12.7 Å². The summed E-state index contributed by atoms with van der Waals surface area (Å²) in [5, 5.41) is 9.00. The van der Waals surface area contributed by atoms with E-state index in [1.165, 1.54) is 11.5 Å². The average molecular weight is 272 g/mol. The normalized spacial score (nSPS) is 11.6. The topological polar surface area (TPSA) is 111 Å². The standard InChI is InChI=1S/C10H8N8S/c1-4-5(7(11)19-17-4)9-15-16-10-6-8(13-2-12-6)14-3-18(9)10/h2-3H,11H2,1H3,(H,12,13). The SMILES string of the molecule is Cc1nsc(N)c1-c1nnc2c3[nH]cnc3ncn12. The van der Waals surface area contributed by atoms with Crippen molar-refractivity contribution in [3.8, 4) is 11.4 Å². The summed E-state index contributed by atoms with van der Waals surface area (Å²) in [5.74, 6) is 0.641. The van der Waals surface area contributed by atoms with Gasteiger partial charge in [-0.3, -0.25) is 4.40 Å². The van der Waals surface area contributed by atoms with Crippen molar-refractivity contribution in [2.45, 2.75) is 6.92 Å². The van der Waals surface area contributed by atoms with Gasteiger partial charge < -0.3 is 10.7 Å². The van der Waals surface area contributed by atoms with E-state index in [-0.39, 0.29) is 0 Å². The zero-order valence-electron chi connectivity index (χ0n) is 9.82. The molecular formula is C10H8N8S. The molecule has 4 aromatic heterocycles. The number of aryl methyl sites for hydroxylation is 1. The first-order valence-electron chi connectivity index (χ1n) is 5.50. The van der Waals surface area contributed by atoms with Gasteiger partial charge in [0.15, 0.2) is 17.1 Å². The highest BCUT2D eigenvalue weighted by molar-refractivity contribution is 7.10. The van der Waals surface area contributed by atoms with Crippen LogP contribution in [0.25, 0.3) is 28.2 Å². The lowest BCUT2D eigenvalue weighted by Crippen LogP contribution is -1.95. The minimum Gasteiger partial charge on any atom is -0.389 e. The van der Waals surface area contributed by atoms with Crippen molar-refractivity contribution in [3.63, 3.8) is 0 Å². The smallest absolute Gasteiger partial charge is 0.190 e. The molecule has 4 rings (SSSR count). The maximum Gasteiger partial charge on any atom is 0.190 e. The van der Waals surface area contributed by atoms with Crippen LogP contribution in [-0.4, -0.2) is 33.9 Å². The number of imidazole rings is 1. The molecule has 0 spiro atoms. The Labute approximate surface area is 110 Å². The largest absolute Gasteiger partial charge is 0.389 e. The van der Waals surface area contributed by atoms with Gasteiger partial charge in [-0.15, -0.1) is 10.2 Å². The third-order valence-corrected chi connectivity index (χ3v) is 3.71. The van der Waals surface area contributed by atoms with Crippen LogP contribution in [0.3, 0.4) is 0 Å². The quantitative estimate of drug-likeness (QED) is 0.535. The first-order chi connectivity index (χ1) is 9.25. The molecule has 4 aromatic rings. The molecule has 0 aromatic carbocycles. The summed E-state index contributed by atoms with van der Waals surface area (Å²) in [4.78, 5) is 11.4. The van der Waals surface area contributed by atoms with Crippen molar-refractivity contribution in [1.29, 1.82) is 0 Å². The number of hydrogen-bond acceptors (Lipinski definition) is 7. The van der Waals surface area contributed by atoms with Crippen molar-refractivity contribution in [2.75, 3.05) is 5.73 Å². The number of aromatic nitrogens is 7. The molecule has 0 saturated heterocycles. The van der Waals surface area contributed by atoms with Gasteiger partial charge in [-0.1, -0.05) is 0 Å². The maximum absolute atomic E-state index is 5.95. The van der Waals surface area contributed by atoms with Gasteiger partial charge in [0.05, 0.1) is 17.6 Å². The fourth-order valence-electron chi connectivity index (χ4n) is 2.06.